The third-order valence-electron chi connectivity index (χ3n) is 6.58. The number of carbonyl (C=O) groups excluding carboxylic acids is 1. The second kappa shape index (κ2) is 11.7. The maximum Gasteiger partial charge on any atom is 0.344 e. The van der Waals surface area contributed by atoms with Crippen LogP contribution in [0.3, 0.4) is 0 Å². The molecule has 5 rings (SSSR count). The van der Waals surface area contributed by atoms with Crippen LogP contribution in [0.15, 0.2) is 98.6 Å². The minimum Gasteiger partial charge on any atom is -0.506 e. The number of esters is 1. The van der Waals surface area contributed by atoms with Gasteiger partial charge in [-0.3, -0.25) is 0 Å². The lowest BCUT2D eigenvalue weighted by atomic mass is 10.1. The van der Waals surface area contributed by atoms with Crippen LogP contribution in [-0.4, -0.2) is 27.3 Å². The topological polar surface area (TPSA) is 63.8 Å². The van der Waals surface area contributed by atoms with Crippen LogP contribution < -0.4 is 0 Å². The minimum atomic E-state index is -0.581. The molecule has 0 spiro atoms. The van der Waals surface area contributed by atoms with E-state index in [9.17, 15) is 9.90 Å². The lowest BCUT2D eigenvalue weighted by Gasteiger charge is -2.09. The average molecular weight is 602 g/mol. The molecule has 0 saturated heterocycles. The molecule has 1 aliphatic heterocycles. The Labute approximate surface area is 241 Å². The fourth-order valence-electron chi connectivity index (χ4n) is 4.65. The van der Waals surface area contributed by atoms with E-state index in [4.69, 9.17) is 9.73 Å². The number of aliphatic hydroxyl groups excluding tert-OH is 1. The predicted octanol–water partition coefficient (Wildman–Crippen LogP) is 8.52. The van der Waals surface area contributed by atoms with Crippen LogP contribution in [0.25, 0.3) is 17.0 Å². The Morgan fingerprint density at radius 1 is 1.08 bits per heavy atom. The van der Waals surface area contributed by atoms with Crippen LogP contribution in [0.1, 0.15) is 36.1 Å². The number of aliphatic hydroxyl groups is 1. The molecule has 3 aromatic carbocycles. The number of fused-ring (bicyclic) bond motifs is 1. The highest BCUT2D eigenvalue weighted by atomic mass is 79.9. The third kappa shape index (κ3) is 5.75. The van der Waals surface area contributed by atoms with Crippen molar-refractivity contribution < 1.29 is 14.6 Å². The Morgan fingerprint density at radius 2 is 1.82 bits per heavy atom. The van der Waals surface area contributed by atoms with Gasteiger partial charge in [0.25, 0.3) is 0 Å². The summed E-state index contributed by atoms with van der Waals surface area (Å²) in [7, 11) is 0. The second-order valence-electron chi connectivity index (χ2n) is 9.31. The zero-order chi connectivity index (χ0) is 27.5. The predicted molar refractivity (Wildman–Crippen MR) is 165 cm³/mol. The molecule has 0 bridgehead atoms. The molecule has 198 valence electrons. The molecule has 0 saturated carbocycles. The van der Waals surface area contributed by atoms with Crippen molar-refractivity contribution in [2.45, 2.75) is 33.7 Å². The number of carbonyl (C=O) groups is 1. The van der Waals surface area contributed by atoms with Crippen molar-refractivity contribution in [3.05, 3.63) is 116 Å². The van der Waals surface area contributed by atoms with E-state index in [0.717, 1.165) is 27.4 Å². The van der Waals surface area contributed by atoms with Gasteiger partial charge in [-0.15, -0.1) is 0 Å². The maximum atomic E-state index is 12.9. The molecule has 0 unspecified atom stereocenters. The number of hydrogen-bond donors (Lipinski definition) is 1. The molecule has 39 heavy (non-hydrogen) atoms. The molecule has 1 N–H and O–H groups in total. The molecular weight excluding hydrogens is 572 g/mol. The van der Waals surface area contributed by atoms with Crippen LogP contribution in [0.5, 0.6) is 0 Å². The number of aromatic nitrogens is 1. The largest absolute Gasteiger partial charge is 0.506 e. The molecule has 7 heteroatoms. The molecule has 5 nitrogen and oxygen atoms in total. The summed E-state index contributed by atoms with van der Waals surface area (Å²) < 4.78 is 8.58. The Hall–Kier alpha value is -3.55. The van der Waals surface area contributed by atoms with Crippen LogP contribution in [0, 0.1) is 6.92 Å². The number of ether oxygens (including phenoxy) is 1. The fourth-order valence-corrected chi connectivity index (χ4v) is 5.94. The van der Waals surface area contributed by atoms with E-state index in [1.54, 1.807) is 6.92 Å². The Kier molecular flexibility index (Phi) is 8.10. The van der Waals surface area contributed by atoms with Gasteiger partial charge in [0.1, 0.15) is 16.4 Å². The first-order valence-electron chi connectivity index (χ1n) is 12.9. The molecule has 0 atom stereocenters. The molecule has 1 aliphatic rings. The van der Waals surface area contributed by atoms with E-state index in [2.05, 4.69) is 76.1 Å². The number of aryl methyl sites for hydroxylation is 2. The summed E-state index contributed by atoms with van der Waals surface area (Å²) in [5, 5.41) is 12.8. The second-order valence-corrected chi connectivity index (χ2v) is 11.3. The number of rotatable bonds is 7. The summed E-state index contributed by atoms with van der Waals surface area (Å²) >= 11 is 4.80. The first-order chi connectivity index (χ1) is 18.9. The van der Waals surface area contributed by atoms with Crippen molar-refractivity contribution in [2.24, 2.45) is 4.99 Å². The lowest BCUT2D eigenvalue weighted by Crippen LogP contribution is -2.12. The molecule has 0 amide bonds. The molecule has 2 heterocycles. The summed E-state index contributed by atoms with van der Waals surface area (Å²) in [4.78, 5) is 18.1. The van der Waals surface area contributed by atoms with Gasteiger partial charge >= 0.3 is 5.97 Å². The van der Waals surface area contributed by atoms with Gasteiger partial charge in [0.2, 0.25) is 0 Å². The van der Waals surface area contributed by atoms with Gasteiger partial charge in [-0.05, 0) is 61.7 Å². The van der Waals surface area contributed by atoms with Crippen molar-refractivity contribution in [3.63, 3.8) is 0 Å². The number of benzene rings is 3. The third-order valence-corrected chi connectivity index (χ3v) is 8.13. The first-order valence-corrected chi connectivity index (χ1v) is 14.5. The number of aliphatic imine (C=N–C) groups is 1. The average Bonchev–Trinajstić information content (AvgIpc) is 3.43. The molecule has 0 fully saturated rings. The molecule has 0 aliphatic carbocycles. The number of hydrogen-bond acceptors (Lipinski definition) is 5. The Bertz CT molecular complexity index is 1630. The van der Waals surface area contributed by atoms with Crippen molar-refractivity contribution in [2.75, 3.05) is 6.61 Å². The maximum absolute atomic E-state index is 12.9. The standard InChI is InChI=1S/C32H29BrN2O3S/c1-4-22-7-6-8-26-23(19-35(29(22)26)18-21-11-13-24(33)14-12-21)17-27-30(36)28(32(37)38-5-2)31(39-27)34-25-15-9-20(3)10-16-25/h6-17,19,36H,4-5,18H2,1-3H3/b27-17-,34-31?. The van der Waals surface area contributed by atoms with Crippen LogP contribution in [-0.2, 0) is 22.5 Å². The van der Waals surface area contributed by atoms with Gasteiger partial charge in [-0.1, -0.05) is 82.6 Å². The molecule has 4 aromatic rings. The number of nitrogens with zero attached hydrogens (tertiary/aromatic N) is 2. The summed E-state index contributed by atoms with van der Waals surface area (Å²) in [6.07, 6.45) is 4.96. The highest BCUT2D eigenvalue weighted by Crippen LogP contribution is 2.41. The highest BCUT2D eigenvalue weighted by Gasteiger charge is 2.33. The lowest BCUT2D eigenvalue weighted by molar-refractivity contribution is -0.138. The zero-order valence-electron chi connectivity index (χ0n) is 22.1. The van der Waals surface area contributed by atoms with E-state index in [0.29, 0.717) is 22.2 Å². The number of halogens is 1. The fraction of sp³-hybridized carbons (Fsp3) is 0.188. The van der Waals surface area contributed by atoms with Gasteiger partial charge in [0.15, 0.2) is 0 Å². The van der Waals surface area contributed by atoms with E-state index in [1.807, 2.05) is 37.3 Å². The van der Waals surface area contributed by atoms with E-state index >= 15 is 0 Å². The van der Waals surface area contributed by atoms with Crippen molar-refractivity contribution in [1.82, 2.24) is 4.57 Å². The van der Waals surface area contributed by atoms with Gasteiger partial charge < -0.3 is 14.4 Å². The Balaban J connectivity index is 1.61. The van der Waals surface area contributed by atoms with Gasteiger partial charge in [0, 0.05) is 28.2 Å². The summed E-state index contributed by atoms with van der Waals surface area (Å²) in [5.41, 5.74) is 6.50. The van der Waals surface area contributed by atoms with Crippen LogP contribution >= 0.6 is 27.7 Å². The summed E-state index contributed by atoms with van der Waals surface area (Å²) in [6.45, 7) is 6.84. The highest BCUT2D eigenvalue weighted by molar-refractivity contribution is 9.10. The summed E-state index contributed by atoms with van der Waals surface area (Å²) in [6, 6.07) is 22.4. The molecule has 0 radical (unpaired) electrons. The number of thioether (sulfide) groups is 1. The van der Waals surface area contributed by atoms with Crippen molar-refractivity contribution in [1.29, 1.82) is 0 Å². The van der Waals surface area contributed by atoms with E-state index in [1.165, 1.54) is 28.4 Å². The van der Waals surface area contributed by atoms with Gasteiger partial charge in [0.05, 0.1) is 22.7 Å². The molecule has 1 aromatic heterocycles. The van der Waals surface area contributed by atoms with Gasteiger partial charge in [-0.25, -0.2) is 9.79 Å². The Morgan fingerprint density at radius 3 is 2.51 bits per heavy atom. The first kappa shape index (κ1) is 27.0. The van der Waals surface area contributed by atoms with Crippen molar-refractivity contribution in [3.8, 4) is 0 Å². The summed E-state index contributed by atoms with van der Waals surface area (Å²) in [5.74, 6) is -0.688. The number of para-hydroxylation sites is 1. The van der Waals surface area contributed by atoms with Crippen molar-refractivity contribution >= 4 is 61.4 Å². The monoisotopic (exact) mass is 600 g/mol. The molecular formula is C32H29BrN2O3S. The van der Waals surface area contributed by atoms with E-state index in [-0.39, 0.29) is 17.9 Å². The zero-order valence-corrected chi connectivity index (χ0v) is 24.5. The smallest absolute Gasteiger partial charge is 0.344 e. The van der Waals surface area contributed by atoms with E-state index < -0.39 is 5.97 Å². The van der Waals surface area contributed by atoms with Crippen LogP contribution in [0.4, 0.5) is 5.69 Å². The quantitative estimate of drug-likeness (QED) is 0.216. The SMILES string of the molecule is CCOC(=O)C1=C(O)/C(=C/c2cn(Cc3ccc(Br)cc3)c3c(CC)cccc23)SC1=Nc1ccc(C)cc1. The van der Waals surface area contributed by atoms with Crippen LogP contribution in [0.2, 0.25) is 0 Å². The normalized spacial score (nSPS) is 15.6. The van der Waals surface area contributed by atoms with Gasteiger partial charge in [-0.2, -0.15) is 0 Å². The minimum absolute atomic E-state index is 0.0986.